The molecule has 1 aromatic carbocycles. The molecule has 0 heterocycles. The fourth-order valence-corrected chi connectivity index (χ4v) is 1.87. The SMILES string of the molecule is CN(C)CCCCNCc1cc(F)cc(Cl)c1. The largest absolute Gasteiger partial charge is 0.313 e. The second-order valence-corrected chi connectivity index (χ2v) is 4.90. The van der Waals surface area contributed by atoms with E-state index in [4.69, 9.17) is 11.6 Å². The molecular weight excluding hydrogens is 239 g/mol. The van der Waals surface area contributed by atoms with Crippen LogP contribution in [0.2, 0.25) is 5.02 Å². The van der Waals surface area contributed by atoms with Crippen LogP contribution in [-0.4, -0.2) is 32.1 Å². The first-order valence-electron chi connectivity index (χ1n) is 5.88. The number of rotatable bonds is 7. The number of benzene rings is 1. The summed E-state index contributed by atoms with van der Waals surface area (Å²) in [6, 6.07) is 4.62. The highest BCUT2D eigenvalue weighted by atomic mass is 35.5. The predicted octanol–water partition coefficient (Wildman–Crippen LogP) is 2.91. The van der Waals surface area contributed by atoms with Crippen molar-refractivity contribution in [2.75, 3.05) is 27.2 Å². The van der Waals surface area contributed by atoms with Crippen LogP contribution < -0.4 is 5.32 Å². The third kappa shape index (κ3) is 6.61. The Hall–Kier alpha value is -0.640. The molecule has 2 nitrogen and oxygen atoms in total. The van der Waals surface area contributed by atoms with Crippen LogP contribution in [0, 0.1) is 5.82 Å². The molecule has 0 saturated heterocycles. The van der Waals surface area contributed by atoms with Gasteiger partial charge in [0.2, 0.25) is 0 Å². The first kappa shape index (κ1) is 14.4. The maximum absolute atomic E-state index is 13.0. The van der Waals surface area contributed by atoms with Gasteiger partial charge < -0.3 is 10.2 Å². The van der Waals surface area contributed by atoms with Gasteiger partial charge in [-0.25, -0.2) is 4.39 Å². The lowest BCUT2D eigenvalue weighted by atomic mass is 10.2. The predicted molar refractivity (Wildman–Crippen MR) is 70.9 cm³/mol. The highest BCUT2D eigenvalue weighted by molar-refractivity contribution is 6.30. The van der Waals surface area contributed by atoms with Crippen molar-refractivity contribution in [2.24, 2.45) is 0 Å². The zero-order valence-electron chi connectivity index (χ0n) is 10.5. The number of unbranched alkanes of at least 4 members (excludes halogenated alkanes) is 1. The summed E-state index contributed by atoms with van der Waals surface area (Å²) in [6.07, 6.45) is 2.30. The maximum atomic E-state index is 13.0. The Bertz CT molecular complexity index is 322. The molecule has 0 bridgehead atoms. The molecule has 0 aliphatic carbocycles. The maximum Gasteiger partial charge on any atom is 0.125 e. The Labute approximate surface area is 108 Å². The van der Waals surface area contributed by atoms with Gasteiger partial charge in [0.25, 0.3) is 0 Å². The van der Waals surface area contributed by atoms with E-state index in [9.17, 15) is 4.39 Å². The minimum absolute atomic E-state index is 0.276. The average Bonchev–Trinajstić information content (AvgIpc) is 2.21. The average molecular weight is 259 g/mol. The van der Waals surface area contributed by atoms with Crippen LogP contribution in [0.15, 0.2) is 18.2 Å². The number of hydrogen-bond acceptors (Lipinski definition) is 2. The van der Waals surface area contributed by atoms with Crippen LogP contribution in [0.3, 0.4) is 0 Å². The van der Waals surface area contributed by atoms with Crippen LogP contribution in [-0.2, 0) is 6.54 Å². The Morgan fingerprint density at radius 2 is 2.00 bits per heavy atom. The molecule has 0 saturated carbocycles. The van der Waals surface area contributed by atoms with Crippen molar-refractivity contribution in [1.82, 2.24) is 10.2 Å². The zero-order chi connectivity index (χ0) is 12.7. The molecule has 0 unspecified atom stereocenters. The van der Waals surface area contributed by atoms with E-state index in [0.29, 0.717) is 11.6 Å². The molecule has 0 radical (unpaired) electrons. The summed E-state index contributed by atoms with van der Waals surface area (Å²) in [6.45, 7) is 2.72. The summed E-state index contributed by atoms with van der Waals surface area (Å²) in [5.74, 6) is -0.276. The monoisotopic (exact) mass is 258 g/mol. The highest BCUT2D eigenvalue weighted by Gasteiger charge is 1.99. The smallest absolute Gasteiger partial charge is 0.125 e. The summed E-state index contributed by atoms with van der Waals surface area (Å²) >= 11 is 5.77. The van der Waals surface area contributed by atoms with E-state index in [2.05, 4.69) is 24.3 Å². The Morgan fingerprint density at radius 1 is 1.24 bits per heavy atom. The molecule has 0 amide bonds. The summed E-state index contributed by atoms with van der Waals surface area (Å²) < 4.78 is 13.0. The topological polar surface area (TPSA) is 15.3 Å². The van der Waals surface area contributed by atoms with Gasteiger partial charge in [0.1, 0.15) is 5.82 Å². The molecule has 1 aromatic rings. The molecule has 0 aliphatic rings. The van der Waals surface area contributed by atoms with Crippen LogP contribution >= 0.6 is 11.6 Å². The normalized spacial score (nSPS) is 11.1. The van der Waals surface area contributed by atoms with Crippen molar-refractivity contribution in [2.45, 2.75) is 19.4 Å². The quantitative estimate of drug-likeness (QED) is 0.757. The molecule has 1 rings (SSSR count). The fourth-order valence-electron chi connectivity index (χ4n) is 1.62. The number of nitrogens with zero attached hydrogens (tertiary/aromatic N) is 1. The van der Waals surface area contributed by atoms with Gasteiger partial charge in [-0.3, -0.25) is 0 Å². The van der Waals surface area contributed by atoms with Crippen molar-refractivity contribution in [3.8, 4) is 0 Å². The van der Waals surface area contributed by atoms with E-state index < -0.39 is 0 Å². The standard InChI is InChI=1S/C13H20ClFN2/c1-17(2)6-4-3-5-16-10-11-7-12(14)9-13(15)8-11/h7-9,16H,3-6,10H2,1-2H3. The fraction of sp³-hybridized carbons (Fsp3) is 0.538. The van der Waals surface area contributed by atoms with Gasteiger partial charge >= 0.3 is 0 Å². The van der Waals surface area contributed by atoms with Gasteiger partial charge in [-0.15, -0.1) is 0 Å². The lowest BCUT2D eigenvalue weighted by Crippen LogP contribution is -2.18. The van der Waals surface area contributed by atoms with Crippen molar-refractivity contribution < 1.29 is 4.39 Å². The number of hydrogen-bond donors (Lipinski definition) is 1. The van der Waals surface area contributed by atoms with Gasteiger partial charge in [0, 0.05) is 11.6 Å². The Morgan fingerprint density at radius 3 is 2.65 bits per heavy atom. The number of halogens is 2. The van der Waals surface area contributed by atoms with Crippen LogP contribution in [0.1, 0.15) is 18.4 Å². The lowest BCUT2D eigenvalue weighted by Gasteiger charge is -2.09. The second kappa shape index (κ2) is 7.64. The molecule has 17 heavy (non-hydrogen) atoms. The van der Waals surface area contributed by atoms with Gasteiger partial charge in [0.15, 0.2) is 0 Å². The van der Waals surface area contributed by atoms with E-state index in [1.807, 2.05) is 0 Å². The number of nitrogens with one attached hydrogen (secondary N) is 1. The summed E-state index contributed by atoms with van der Waals surface area (Å²) in [5, 5.41) is 3.74. The van der Waals surface area contributed by atoms with E-state index in [1.165, 1.54) is 18.6 Å². The van der Waals surface area contributed by atoms with Crippen LogP contribution in [0.25, 0.3) is 0 Å². The molecule has 0 aromatic heterocycles. The van der Waals surface area contributed by atoms with Gasteiger partial charge in [-0.1, -0.05) is 11.6 Å². The van der Waals surface area contributed by atoms with Crippen LogP contribution in [0.4, 0.5) is 4.39 Å². The third-order valence-corrected chi connectivity index (χ3v) is 2.68. The minimum Gasteiger partial charge on any atom is -0.313 e. The highest BCUT2D eigenvalue weighted by Crippen LogP contribution is 2.13. The van der Waals surface area contributed by atoms with Crippen molar-refractivity contribution in [3.63, 3.8) is 0 Å². The summed E-state index contributed by atoms with van der Waals surface area (Å²) in [7, 11) is 4.14. The third-order valence-electron chi connectivity index (χ3n) is 2.46. The van der Waals surface area contributed by atoms with Gasteiger partial charge in [-0.2, -0.15) is 0 Å². The summed E-state index contributed by atoms with van der Waals surface area (Å²) in [4.78, 5) is 2.17. The van der Waals surface area contributed by atoms with Crippen molar-refractivity contribution in [3.05, 3.63) is 34.6 Å². The molecule has 4 heteroatoms. The molecule has 0 aliphatic heterocycles. The Kier molecular flexibility index (Phi) is 6.48. The first-order valence-corrected chi connectivity index (χ1v) is 6.26. The summed E-state index contributed by atoms with van der Waals surface area (Å²) in [5.41, 5.74) is 0.891. The molecule has 96 valence electrons. The van der Waals surface area contributed by atoms with E-state index in [-0.39, 0.29) is 5.82 Å². The Balaban J connectivity index is 2.18. The molecule has 1 N–H and O–H groups in total. The van der Waals surface area contributed by atoms with E-state index in [0.717, 1.165) is 25.1 Å². The molecular formula is C13H20ClFN2. The van der Waals surface area contributed by atoms with E-state index in [1.54, 1.807) is 6.07 Å². The van der Waals surface area contributed by atoms with Crippen LogP contribution in [0.5, 0.6) is 0 Å². The second-order valence-electron chi connectivity index (χ2n) is 4.46. The van der Waals surface area contributed by atoms with Gasteiger partial charge in [-0.05, 0) is 63.8 Å². The molecule has 0 atom stereocenters. The molecule has 0 spiro atoms. The first-order chi connectivity index (χ1) is 8.08. The zero-order valence-corrected chi connectivity index (χ0v) is 11.2. The van der Waals surface area contributed by atoms with E-state index >= 15 is 0 Å². The lowest BCUT2D eigenvalue weighted by molar-refractivity contribution is 0.391. The van der Waals surface area contributed by atoms with Crippen molar-refractivity contribution >= 4 is 11.6 Å². The van der Waals surface area contributed by atoms with Crippen molar-refractivity contribution in [1.29, 1.82) is 0 Å². The molecule has 0 fully saturated rings. The van der Waals surface area contributed by atoms with Gasteiger partial charge in [0.05, 0.1) is 0 Å². The minimum atomic E-state index is -0.276.